The molecule has 2 aromatic heterocycles. The molecule has 1 aliphatic rings. The third-order valence-electron chi connectivity index (χ3n) is 4.96. The summed E-state index contributed by atoms with van der Waals surface area (Å²) in [6.45, 7) is 4.09. The molecule has 26 heavy (non-hydrogen) atoms. The van der Waals surface area contributed by atoms with Crippen LogP contribution in [0.2, 0.25) is 0 Å². The molecular weight excluding hydrogens is 326 g/mol. The summed E-state index contributed by atoms with van der Waals surface area (Å²) in [5, 5.41) is 4.15. The molecule has 2 amide bonds. The molecule has 4 rings (SSSR count). The normalized spacial score (nSPS) is 15.3. The zero-order valence-corrected chi connectivity index (χ0v) is 14.9. The van der Waals surface area contributed by atoms with Gasteiger partial charge in [0, 0.05) is 69.3 Å². The molecule has 3 heterocycles. The Balaban J connectivity index is 1.36. The second-order valence-corrected chi connectivity index (χ2v) is 6.72. The van der Waals surface area contributed by atoms with Crippen molar-refractivity contribution in [1.82, 2.24) is 19.4 Å². The van der Waals surface area contributed by atoms with Crippen molar-refractivity contribution in [3.05, 3.63) is 60.6 Å². The van der Waals surface area contributed by atoms with Gasteiger partial charge in [-0.1, -0.05) is 12.1 Å². The molecule has 0 unspecified atom stereocenters. The lowest BCUT2D eigenvalue weighted by atomic mass is 10.2. The number of nitrogens with one attached hydrogen (secondary N) is 1. The molecule has 0 bridgehead atoms. The first-order valence-corrected chi connectivity index (χ1v) is 8.92. The van der Waals surface area contributed by atoms with Crippen LogP contribution in [0.25, 0.3) is 10.9 Å². The number of nitrogens with zero attached hydrogens (tertiary/aromatic N) is 4. The Morgan fingerprint density at radius 2 is 1.96 bits per heavy atom. The molecule has 1 saturated heterocycles. The molecule has 6 nitrogen and oxygen atoms in total. The van der Waals surface area contributed by atoms with E-state index in [1.165, 1.54) is 5.56 Å². The number of carbonyl (C=O) groups is 1. The second kappa shape index (κ2) is 7.17. The number of fused-ring (bicyclic) bond motifs is 1. The first-order chi connectivity index (χ1) is 12.7. The maximum atomic E-state index is 12.7. The summed E-state index contributed by atoms with van der Waals surface area (Å²) < 4.78 is 2.06. The van der Waals surface area contributed by atoms with Crippen molar-refractivity contribution in [2.75, 3.05) is 31.5 Å². The van der Waals surface area contributed by atoms with Gasteiger partial charge in [-0.05, 0) is 29.8 Å². The summed E-state index contributed by atoms with van der Waals surface area (Å²) in [6, 6.07) is 12.1. The van der Waals surface area contributed by atoms with Crippen LogP contribution in [-0.2, 0) is 13.6 Å². The molecule has 0 aliphatic carbocycles. The van der Waals surface area contributed by atoms with E-state index >= 15 is 0 Å². The molecule has 6 heteroatoms. The summed E-state index contributed by atoms with van der Waals surface area (Å²) in [4.78, 5) is 21.1. The van der Waals surface area contributed by atoms with Crippen LogP contribution in [0, 0.1) is 0 Å². The lowest BCUT2D eigenvalue weighted by Crippen LogP contribution is -2.49. The van der Waals surface area contributed by atoms with Crippen LogP contribution in [0.5, 0.6) is 0 Å². The van der Waals surface area contributed by atoms with Crippen LogP contribution in [-0.4, -0.2) is 51.6 Å². The van der Waals surface area contributed by atoms with Crippen LogP contribution in [0.3, 0.4) is 0 Å². The molecule has 0 spiro atoms. The Bertz CT molecular complexity index is 897. The first kappa shape index (κ1) is 16.6. The predicted octanol–water partition coefficient (Wildman–Crippen LogP) is 2.92. The molecule has 1 aromatic carbocycles. The van der Waals surface area contributed by atoms with Crippen LogP contribution in [0.1, 0.15) is 5.56 Å². The lowest BCUT2D eigenvalue weighted by Gasteiger charge is -2.34. The fraction of sp³-hybridized carbons (Fsp3) is 0.300. The molecular formula is C20H23N5O. The summed E-state index contributed by atoms with van der Waals surface area (Å²) in [5.74, 6) is 0. The number of hydrogen-bond donors (Lipinski definition) is 1. The minimum atomic E-state index is -0.0256. The van der Waals surface area contributed by atoms with Crippen LogP contribution in [0.15, 0.2) is 55.0 Å². The summed E-state index contributed by atoms with van der Waals surface area (Å²) in [5.41, 5.74) is 3.19. The van der Waals surface area contributed by atoms with Gasteiger partial charge in [0.1, 0.15) is 0 Å². The topological polar surface area (TPSA) is 53.4 Å². The number of hydrogen-bond acceptors (Lipinski definition) is 3. The summed E-state index contributed by atoms with van der Waals surface area (Å²) in [6.07, 6.45) is 5.70. The van der Waals surface area contributed by atoms with E-state index in [1.807, 2.05) is 48.6 Å². The highest BCUT2D eigenvalue weighted by Gasteiger charge is 2.21. The van der Waals surface area contributed by atoms with Gasteiger partial charge < -0.3 is 14.8 Å². The molecule has 1 N–H and O–H groups in total. The van der Waals surface area contributed by atoms with Crippen molar-refractivity contribution < 1.29 is 4.79 Å². The van der Waals surface area contributed by atoms with Gasteiger partial charge in [0.05, 0.1) is 5.69 Å². The number of amides is 2. The van der Waals surface area contributed by atoms with Gasteiger partial charge >= 0.3 is 6.03 Å². The highest BCUT2D eigenvalue weighted by atomic mass is 16.2. The number of aryl methyl sites for hydroxylation is 1. The molecule has 1 fully saturated rings. The maximum Gasteiger partial charge on any atom is 0.321 e. The third-order valence-corrected chi connectivity index (χ3v) is 4.96. The van der Waals surface area contributed by atoms with Crippen molar-refractivity contribution in [1.29, 1.82) is 0 Å². The van der Waals surface area contributed by atoms with E-state index in [1.54, 1.807) is 6.20 Å². The molecule has 134 valence electrons. The Hall–Kier alpha value is -2.86. The first-order valence-electron chi connectivity index (χ1n) is 8.92. The zero-order valence-electron chi connectivity index (χ0n) is 14.9. The Morgan fingerprint density at radius 1 is 1.12 bits per heavy atom. The number of carbonyl (C=O) groups excluding carboxylic acids is 1. The predicted molar refractivity (Wildman–Crippen MR) is 103 cm³/mol. The van der Waals surface area contributed by atoms with E-state index in [4.69, 9.17) is 0 Å². The zero-order chi connectivity index (χ0) is 17.9. The third kappa shape index (κ3) is 3.41. The minimum absolute atomic E-state index is 0.0256. The SMILES string of the molecule is Cn1ccc2c(NC(=O)N3CCN(Cc4cccnc4)CC3)cccc21. The number of benzene rings is 1. The quantitative estimate of drug-likeness (QED) is 0.791. The van der Waals surface area contributed by atoms with E-state index < -0.39 is 0 Å². The summed E-state index contributed by atoms with van der Waals surface area (Å²) >= 11 is 0. The average Bonchev–Trinajstić information content (AvgIpc) is 3.05. The second-order valence-electron chi connectivity index (χ2n) is 6.72. The smallest absolute Gasteiger partial charge is 0.321 e. The molecule has 0 atom stereocenters. The Labute approximate surface area is 153 Å². The number of anilines is 1. The fourth-order valence-electron chi connectivity index (χ4n) is 3.46. The fourth-order valence-corrected chi connectivity index (χ4v) is 3.46. The number of urea groups is 1. The lowest BCUT2D eigenvalue weighted by molar-refractivity contribution is 0.143. The molecule has 1 aliphatic heterocycles. The monoisotopic (exact) mass is 349 g/mol. The number of piperazine rings is 1. The highest BCUT2D eigenvalue weighted by Crippen LogP contribution is 2.24. The minimum Gasteiger partial charge on any atom is -0.350 e. The van der Waals surface area contributed by atoms with Crippen LogP contribution < -0.4 is 5.32 Å². The number of aromatic nitrogens is 2. The van der Waals surface area contributed by atoms with Crippen molar-refractivity contribution in [2.45, 2.75) is 6.54 Å². The van der Waals surface area contributed by atoms with Gasteiger partial charge in [0.15, 0.2) is 0 Å². The van der Waals surface area contributed by atoms with Gasteiger partial charge in [-0.2, -0.15) is 0 Å². The number of pyridine rings is 1. The van der Waals surface area contributed by atoms with Crippen molar-refractivity contribution in [2.24, 2.45) is 7.05 Å². The van der Waals surface area contributed by atoms with Crippen LogP contribution >= 0.6 is 0 Å². The van der Waals surface area contributed by atoms with Crippen molar-refractivity contribution in [3.8, 4) is 0 Å². The van der Waals surface area contributed by atoms with Gasteiger partial charge in [-0.15, -0.1) is 0 Å². The van der Waals surface area contributed by atoms with Gasteiger partial charge in [-0.25, -0.2) is 4.79 Å². The molecule has 3 aromatic rings. The van der Waals surface area contributed by atoms with E-state index in [0.29, 0.717) is 0 Å². The van der Waals surface area contributed by atoms with E-state index in [0.717, 1.165) is 49.3 Å². The number of rotatable bonds is 3. The van der Waals surface area contributed by atoms with Crippen molar-refractivity contribution >= 4 is 22.6 Å². The molecule has 0 radical (unpaired) electrons. The largest absolute Gasteiger partial charge is 0.350 e. The molecule has 0 saturated carbocycles. The maximum absolute atomic E-state index is 12.7. The standard InChI is InChI=1S/C20H23N5O/c1-23-9-7-17-18(5-2-6-19(17)23)22-20(26)25-12-10-24(11-13-25)15-16-4-3-8-21-14-16/h2-9,14H,10-13,15H2,1H3,(H,22,26). The van der Waals surface area contributed by atoms with Gasteiger partial charge in [-0.3, -0.25) is 9.88 Å². The summed E-state index contributed by atoms with van der Waals surface area (Å²) in [7, 11) is 2.01. The van der Waals surface area contributed by atoms with E-state index in [9.17, 15) is 4.79 Å². The Kier molecular flexibility index (Phi) is 4.58. The van der Waals surface area contributed by atoms with E-state index in [2.05, 4.69) is 31.9 Å². The van der Waals surface area contributed by atoms with Gasteiger partial charge in [0.25, 0.3) is 0 Å². The highest BCUT2D eigenvalue weighted by molar-refractivity contribution is 6.00. The Morgan fingerprint density at radius 3 is 2.73 bits per heavy atom. The van der Waals surface area contributed by atoms with Gasteiger partial charge in [0.2, 0.25) is 0 Å². The van der Waals surface area contributed by atoms with Crippen molar-refractivity contribution in [3.63, 3.8) is 0 Å². The average molecular weight is 349 g/mol. The van der Waals surface area contributed by atoms with E-state index in [-0.39, 0.29) is 6.03 Å². The van der Waals surface area contributed by atoms with Crippen LogP contribution in [0.4, 0.5) is 10.5 Å².